The number of hydrogen-bond donors (Lipinski definition) is 2. The van der Waals surface area contributed by atoms with Gasteiger partial charge in [0, 0.05) is 32.4 Å². The van der Waals surface area contributed by atoms with Gasteiger partial charge in [0.15, 0.2) is 5.69 Å². The Labute approximate surface area is 141 Å². The monoisotopic (exact) mass is 329 g/mol. The summed E-state index contributed by atoms with van der Waals surface area (Å²) in [5, 5.41) is 14.3. The van der Waals surface area contributed by atoms with Crippen LogP contribution in [-0.4, -0.2) is 53.1 Å². The Bertz CT molecular complexity index is 691. The number of pyridine rings is 1. The summed E-state index contributed by atoms with van der Waals surface area (Å²) in [5.74, 6) is 0.625. The van der Waals surface area contributed by atoms with Gasteiger partial charge in [-0.3, -0.25) is 4.79 Å². The third-order valence-electron chi connectivity index (χ3n) is 4.16. The van der Waals surface area contributed by atoms with Crippen molar-refractivity contribution in [3.8, 4) is 0 Å². The van der Waals surface area contributed by atoms with Gasteiger partial charge in [0.2, 0.25) is 0 Å². The van der Waals surface area contributed by atoms with E-state index in [1.165, 1.54) is 0 Å². The summed E-state index contributed by atoms with van der Waals surface area (Å²) in [6.07, 6.45) is 5.49. The zero-order valence-electron chi connectivity index (χ0n) is 14.1. The summed E-state index contributed by atoms with van der Waals surface area (Å²) in [7, 11) is 3.86. The van der Waals surface area contributed by atoms with Crippen molar-refractivity contribution in [1.82, 2.24) is 30.6 Å². The number of hydrogen-bond acceptors (Lipinski definition) is 6. The van der Waals surface area contributed by atoms with Crippen molar-refractivity contribution in [3.63, 3.8) is 0 Å². The Kier molecular flexibility index (Phi) is 5.05. The van der Waals surface area contributed by atoms with Gasteiger partial charge in [-0.2, -0.15) is 0 Å². The molecule has 2 aromatic rings. The molecule has 0 aromatic carbocycles. The molecule has 0 unspecified atom stereocenters. The summed E-state index contributed by atoms with van der Waals surface area (Å²) in [6, 6.07) is 4.13. The Morgan fingerprint density at radius 3 is 2.96 bits per heavy atom. The minimum atomic E-state index is -0.219. The molecule has 3 rings (SSSR count). The normalized spacial score (nSPS) is 15.2. The molecule has 1 aliphatic rings. The highest BCUT2D eigenvalue weighted by Crippen LogP contribution is 2.17. The maximum atomic E-state index is 12.3. The molecule has 0 aliphatic carbocycles. The molecule has 0 spiro atoms. The van der Waals surface area contributed by atoms with E-state index in [1.54, 1.807) is 12.4 Å². The molecule has 0 saturated carbocycles. The summed E-state index contributed by atoms with van der Waals surface area (Å²) in [6.45, 7) is 2.35. The molecule has 1 fully saturated rings. The fourth-order valence-corrected chi connectivity index (χ4v) is 2.87. The van der Waals surface area contributed by atoms with Crippen LogP contribution in [-0.2, 0) is 6.54 Å². The average molecular weight is 329 g/mol. The Hall–Kier alpha value is -2.48. The number of carbonyl (C=O) groups excluding carboxylic acids is 1. The molecule has 24 heavy (non-hydrogen) atoms. The summed E-state index contributed by atoms with van der Waals surface area (Å²) in [4.78, 5) is 18.6. The minimum Gasteiger partial charge on any atom is -0.362 e. The molecule has 2 N–H and O–H groups in total. The van der Waals surface area contributed by atoms with E-state index in [0.29, 0.717) is 18.3 Å². The molecular formula is C16H23N7O. The van der Waals surface area contributed by atoms with Gasteiger partial charge >= 0.3 is 0 Å². The van der Waals surface area contributed by atoms with E-state index in [-0.39, 0.29) is 5.91 Å². The lowest BCUT2D eigenvalue weighted by Crippen LogP contribution is -2.29. The SMILES string of the molecule is CN(C)c1ncccc1CNC(=O)c1cn(C2CCNCC2)nn1. The quantitative estimate of drug-likeness (QED) is 0.835. The van der Waals surface area contributed by atoms with Crippen molar-refractivity contribution in [3.05, 3.63) is 35.8 Å². The lowest BCUT2D eigenvalue weighted by Gasteiger charge is -2.22. The van der Waals surface area contributed by atoms with Crippen molar-refractivity contribution in [2.75, 3.05) is 32.1 Å². The first-order valence-electron chi connectivity index (χ1n) is 8.17. The first-order chi connectivity index (χ1) is 11.6. The van der Waals surface area contributed by atoms with Crippen LogP contribution in [0.3, 0.4) is 0 Å². The Morgan fingerprint density at radius 2 is 2.21 bits per heavy atom. The second kappa shape index (κ2) is 7.39. The lowest BCUT2D eigenvalue weighted by molar-refractivity contribution is 0.0946. The van der Waals surface area contributed by atoms with Crippen molar-refractivity contribution in [2.45, 2.75) is 25.4 Å². The van der Waals surface area contributed by atoms with Gasteiger partial charge in [-0.05, 0) is 32.0 Å². The maximum Gasteiger partial charge on any atom is 0.273 e. The first-order valence-corrected chi connectivity index (χ1v) is 8.17. The molecule has 1 saturated heterocycles. The van der Waals surface area contributed by atoms with Gasteiger partial charge in [0.05, 0.1) is 12.2 Å². The maximum absolute atomic E-state index is 12.3. The molecule has 1 amide bonds. The van der Waals surface area contributed by atoms with Crippen LogP contribution in [0.5, 0.6) is 0 Å². The van der Waals surface area contributed by atoms with Gasteiger partial charge in [-0.25, -0.2) is 9.67 Å². The van der Waals surface area contributed by atoms with Crippen LogP contribution in [0.25, 0.3) is 0 Å². The van der Waals surface area contributed by atoms with Crippen molar-refractivity contribution in [1.29, 1.82) is 0 Å². The number of aromatic nitrogens is 4. The zero-order valence-corrected chi connectivity index (χ0v) is 14.1. The molecular weight excluding hydrogens is 306 g/mol. The standard InChI is InChI=1S/C16H23N7O/c1-22(2)15-12(4-3-7-18-15)10-19-16(24)14-11-23(21-20-14)13-5-8-17-9-6-13/h3-4,7,11,13,17H,5-6,8-10H2,1-2H3,(H,19,24). The summed E-state index contributed by atoms with van der Waals surface area (Å²) >= 11 is 0. The molecule has 3 heterocycles. The predicted octanol–water partition coefficient (Wildman–Crippen LogP) is 0.594. The number of nitrogens with one attached hydrogen (secondary N) is 2. The van der Waals surface area contributed by atoms with Crippen molar-refractivity contribution < 1.29 is 4.79 Å². The number of rotatable bonds is 5. The molecule has 128 valence electrons. The van der Waals surface area contributed by atoms with E-state index in [0.717, 1.165) is 37.3 Å². The second-order valence-electron chi connectivity index (χ2n) is 6.13. The van der Waals surface area contributed by atoms with E-state index in [9.17, 15) is 4.79 Å². The van der Waals surface area contributed by atoms with Crippen LogP contribution in [0, 0.1) is 0 Å². The fraction of sp³-hybridized carbons (Fsp3) is 0.500. The number of nitrogens with zero attached hydrogens (tertiary/aromatic N) is 5. The van der Waals surface area contributed by atoms with Crippen LogP contribution in [0.1, 0.15) is 34.9 Å². The predicted molar refractivity (Wildman–Crippen MR) is 90.9 cm³/mol. The molecule has 0 radical (unpaired) electrons. The van der Waals surface area contributed by atoms with Crippen LogP contribution in [0.4, 0.5) is 5.82 Å². The largest absolute Gasteiger partial charge is 0.362 e. The van der Waals surface area contributed by atoms with Crippen molar-refractivity contribution in [2.24, 2.45) is 0 Å². The molecule has 2 aromatic heterocycles. The van der Waals surface area contributed by atoms with Crippen LogP contribution >= 0.6 is 0 Å². The highest BCUT2D eigenvalue weighted by Gasteiger charge is 2.19. The smallest absolute Gasteiger partial charge is 0.273 e. The average Bonchev–Trinajstić information content (AvgIpc) is 3.11. The number of amides is 1. The molecule has 1 aliphatic heterocycles. The van der Waals surface area contributed by atoms with Gasteiger partial charge in [0.1, 0.15) is 5.82 Å². The van der Waals surface area contributed by atoms with Crippen LogP contribution in [0.15, 0.2) is 24.5 Å². The summed E-state index contributed by atoms with van der Waals surface area (Å²) < 4.78 is 1.81. The minimum absolute atomic E-state index is 0.219. The number of anilines is 1. The van der Waals surface area contributed by atoms with E-state index < -0.39 is 0 Å². The van der Waals surface area contributed by atoms with Crippen LogP contribution in [0.2, 0.25) is 0 Å². The fourth-order valence-electron chi connectivity index (χ4n) is 2.87. The van der Waals surface area contributed by atoms with E-state index in [4.69, 9.17) is 0 Å². The molecule has 0 atom stereocenters. The van der Waals surface area contributed by atoms with E-state index in [2.05, 4.69) is 25.9 Å². The highest BCUT2D eigenvalue weighted by molar-refractivity contribution is 5.91. The molecule has 8 nitrogen and oxygen atoms in total. The topological polar surface area (TPSA) is 88.0 Å². The first kappa shape index (κ1) is 16.4. The third-order valence-corrected chi connectivity index (χ3v) is 4.16. The van der Waals surface area contributed by atoms with Gasteiger partial charge in [-0.1, -0.05) is 11.3 Å². The Balaban J connectivity index is 1.62. The molecule has 0 bridgehead atoms. The Morgan fingerprint density at radius 1 is 1.42 bits per heavy atom. The second-order valence-corrected chi connectivity index (χ2v) is 6.13. The zero-order chi connectivity index (χ0) is 16.9. The van der Waals surface area contributed by atoms with Gasteiger partial charge in [-0.15, -0.1) is 5.10 Å². The summed E-state index contributed by atoms with van der Waals surface area (Å²) in [5.41, 5.74) is 1.31. The molecule has 8 heteroatoms. The van der Waals surface area contributed by atoms with Crippen LogP contribution < -0.4 is 15.5 Å². The highest BCUT2D eigenvalue weighted by atomic mass is 16.2. The lowest BCUT2D eigenvalue weighted by atomic mass is 10.1. The number of piperidine rings is 1. The third kappa shape index (κ3) is 3.70. The number of carbonyl (C=O) groups is 1. The van der Waals surface area contributed by atoms with Crippen molar-refractivity contribution >= 4 is 11.7 Å². The van der Waals surface area contributed by atoms with Gasteiger partial charge in [0.25, 0.3) is 5.91 Å². The van der Waals surface area contributed by atoms with E-state index in [1.807, 2.05) is 35.8 Å². The van der Waals surface area contributed by atoms with Gasteiger partial charge < -0.3 is 15.5 Å². The van der Waals surface area contributed by atoms with E-state index >= 15 is 0 Å².